The highest BCUT2D eigenvalue weighted by Crippen LogP contribution is 2.39. The van der Waals surface area contributed by atoms with Gasteiger partial charge in [-0.3, -0.25) is 0 Å². The number of piperidine rings is 1. The Morgan fingerprint density at radius 3 is 2.11 bits per heavy atom. The van der Waals surface area contributed by atoms with Crippen LogP contribution in [0.1, 0.15) is 48.3 Å². The minimum atomic E-state index is 0.743. The van der Waals surface area contributed by atoms with Crippen molar-refractivity contribution in [3.8, 4) is 5.75 Å². The fourth-order valence-electron chi connectivity index (χ4n) is 3.87. The molecule has 2 bridgehead atoms. The summed E-state index contributed by atoms with van der Waals surface area (Å²) < 4.78 is 5.46. The second kappa shape index (κ2) is 4.58. The maximum Gasteiger partial charge on any atom is 0.124 e. The topological polar surface area (TPSA) is 21.3 Å². The average molecular weight is 245 g/mol. The van der Waals surface area contributed by atoms with Crippen LogP contribution in [0.3, 0.4) is 0 Å². The predicted molar refractivity (Wildman–Crippen MR) is 74.4 cm³/mol. The summed E-state index contributed by atoms with van der Waals surface area (Å²) in [4.78, 5) is 0. The van der Waals surface area contributed by atoms with Gasteiger partial charge in [-0.15, -0.1) is 0 Å². The van der Waals surface area contributed by atoms with Gasteiger partial charge in [0.15, 0.2) is 0 Å². The second-order valence-electron chi connectivity index (χ2n) is 5.99. The maximum atomic E-state index is 5.46. The highest BCUT2D eigenvalue weighted by Gasteiger charge is 2.34. The molecule has 0 saturated carbocycles. The minimum Gasteiger partial charge on any atom is -0.496 e. The minimum absolute atomic E-state index is 0.743. The van der Waals surface area contributed by atoms with Crippen LogP contribution in [-0.2, 0) is 0 Å². The Morgan fingerprint density at radius 2 is 1.61 bits per heavy atom. The lowest BCUT2D eigenvalue weighted by Gasteiger charge is -2.30. The first-order chi connectivity index (χ1) is 8.67. The van der Waals surface area contributed by atoms with Crippen LogP contribution in [-0.4, -0.2) is 19.2 Å². The molecule has 2 aliphatic heterocycles. The van der Waals surface area contributed by atoms with Gasteiger partial charge in [-0.1, -0.05) is 12.1 Å². The zero-order valence-corrected chi connectivity index (χ0v) is 11.6. The van der Waals surface area contributed by atoms with Crippen LogP contribution in [0.15, 0.2) is 12.1 Å². The molecule has 0 aromatic heterocycles. The second-order valence-corrected chi connectivity index (χ2v) is 5.99. The van der Waals surface area contributed by atoms with E-state index in [1.807, 2.05) is 0 Å². The van der Waals surface area contributed by atoms with Crippen molar-refractivity contribution < 1.29 is 4.74 Å². The summed E-state index contributed by atoms with van der Waals surface area (Å²) in [5.74, 6) is 1.79. The SMILES string of the molecule is COc1c(C)cc(C2CC3CCC(C2)N3)cc1C. The first-order valence-electron chi connectivity index (χ1n) is 7.08. The van der Waals surface area contributed by atoms with Crippen LogP contribution in [0.25, 0.3) is 0 Å². The quantitative estimate of drug-likeness (QED) is 0.863. The van der Waals surface area contributed by atoms with Crippen molar-refractivity contribution in [3.63, 3.8) is 0 Å². The number of ether oxygens (including phenoxy) is 1. The third kappa shape index (κ3) is 2.03. The number of fused-ring (bicyclic) bond motifs is 2. The molecule has 0 amide bonds. The van der Waals surface area contributed by atoms with Crippen LogP contribution in [0.2, 0.25) is 0 Å². The molecular weight excluding hydrogens is 222 g/mol. The van der Waals surface area contributed by atoms with Crippen LogP contribution in [0.5, 0.6) is 5.75 Å². The van der Waals surface area contributed by atoms with Crippen LogP contribution in [0.4, 0.5) is 0 Å². The predicted octanol–water partition coefficient (Wildman–Crippen LogP) is 3.31. The van der Waals surface area contributed by atoms with Crippen LogP contribution >= 0.6 is 0 Å². The lowest BCUT2D eigenvalue weighted by Crippen LogP contribution is -2.37. The van der Waals surface area contributed by atoms with Gasteiger partial charge in [-0.25, -0.2) is 0 Å². The van der Waals surface area contributed by atoms with Crippen molar-refractivity contribution in [3.05, 3.63) is 28.8 Å². The molecule has 2 unspecified atom stereocenters. The Morgan fingerprint density at radius 1 is 1.06 bits per heavy atom. The molecule has 2 saturated heterocycles. The monoisotopic (exact) mass is 245 g/mol. The molecule has 98 valence electrons. The van der Waals surface area contributed by atoms with Gasteiger partial charge in [0.25, 0.3) is 0 Å². The summed E-state index contributed by atoms with van der Waals surface area (Å²) >= 11 is 0. The Hall–Kier alpha value is -1.02. The number of hydrogen-bond acceptors (Lipinski definition) is 2. The molecule has 1 aromatic carbocycles. The number of rotatable bonds is 2. The van der Waals surface area contributed by atoms with Crippen molar-refractivity contribution in [2.45, 2.75) is 57.5 Å². The third-order valence-electron chi connectivity index (χ3n) is 4.63. The summed E-state index contributed by atoms with van der Waals surface area (Å²) in [6.07, 6.45) is 5.36. The van der Waals surface area contributed by atoms with Gasteiger partial charge in [0.1, 0.15) is 5.75 Å². The lowest BCUT2D eigenvalue weighted by atomic mass is 9.85. The van der Waals surface area contributed by atoms with Crippen molar-refractivity contribution in [2.75, 3.05) is 7.11 Å². The molecule has 2 aliphatic rings. The molecule has 2 fully saturated rings. The Bertz CT molecular complexity index is 419. The Kier molecular flexibility index (Phi) is 3.06. The molecule has 2 atom stereocenters. The molecule has 1 aromatic rings. The van der Waals surface area contributed by atoms with Crippen molar-refractivity contribution in [2.24, 2.45) is 0 Å². The molecule has 0 radical (unpaired) electrons. The van der Waals surface area contributed by atoms with E-state index >= 15 is 0 Å². The lowest BCUT2D eigenvalue weighted by molar-refractivity contribution is 0.362. The highest BCUT2D eigenvalue weighted by atomic mass is 16.5. The first kappa shape index (κ1) is 12.0. The molecule has 0 aliphatic carbocycles. The zero-order valence-electron chi connectivity index (χ0n) is 11.6. The largest absolute Gasteiger partial charge is 0.496 e. The van der Waals surface area contributed by atoms with E-state index in [0.717, 1.165) is 23.8 Å². The summed E-state index contributed by atoms with van der Waals surface area (Å²) in [6.45, 7) is 4.32. The normalized spacial score (nSPS) is 30.5. The molecule has 1 N–H and O–H groups in total. The Balaban J connectivity index is 1.88. The van der Waals surface area contributed by atoms with Crippen LogP contribution in [0, 0.1) is 13.8 Å². The average Bonchev–Trinajstić information content (AvgIpc) is 2.68. The van der Waals surface area contributed by atoms with E-state index in [4.69, 9.17) is 4.74 Å². The number of hydrogen-bond donors (Lipinski definition) is 1. The zero-order chi connectivity index (χ0) is 12.7. The number of nitrogens with one attached hydrogen (secondary N) is 1. The van der Waals surface area contributed by atoms with E-state index in [1.165, 1.54) is 42.4 Å². The van der Waals surface area contributed by atoms with Gasteiger partial charge in [-0.05, 0) is 62.1 Å². The molecular formula is C16H23NO. The van der Waals surface area contributed by atoms with Gasteiger partial charge >= 0.3 is 0 Å². The smallest absolute Gasteiger partial charge is 0.124 e. The van der Waals surface area contributed by atoms with E-state index in [-0.39, 0.29) is 0 Å². The highest BCUT2D eigenvalue weighted by molar-refractivity contribution is 5.44. The summed E-state index contributed by atoms with van der Waals surface area (Å²) in [5.41, 5.74) is 4.07. The number of benzene rings is 1. The maximum absolute atomic E-state index is 5.46. The van der Waals surface area contributed by atoms with Crippen molar-refractivity contribution in [1.82, 2.24) is 5.32 Å². The van der Waals surface area contributed by atoms with E-state index in [9.17, 15) is 0 Å². The van der Waals surface area contributed by atoms with E-state index in [1.54, 1.807) is 7.11 Å². The molecule has 2 heterocycles. The van der Waals surface area contributed by atoms with Gasteiger partial charge in [0.05, 0.1) is 7.11 Å². The summed E-state index contributed by atoms with van der Waals surface area (Å²) in [7, 11) is 1.76. The van der Waals surface area contributed by atoms with Crippen molar-refractivity contribution in [1.29, 1.82) is 0 Å². The van der Waals surface area contributed by atoms with Gasteiger partial charge < -0.3 is 10.1 Å². The summed E-state index contributed by atoms with van der Waals surface area (Å²) in [5, 5.41) is 3.72. The van der Waals surface area contributed by atoms with E-state index in [0.29, 0.717) is 0 Å². The van der Waals surface area contributed by atoms with Crippen molar-refractivity contribution >= 4 is 0 Å². The fraction of sp³-hybridized carbons (Fsp3) is 0.625. The van der Waals surface area contributed by atoms with Gasteiger partial charge in [-0.2, -0.15) is 0 Å². The van der Waals surface area contributed by atoms with Crippen LogP contribution < -0.4 is 10.1 Å². The summed E-state index contributed by atoms with van der Waals surface area (Å²) in [6, 6.07) is 6.19. The number of aryl methyl sites for hydroxylation is 2. The first-order valence-corrected chi connectivity index (χ1v) is 7.08. The molecule has 0 spiro atoms. The standard InChI is InChI=1S/C16H23NO/c1-10-6-12(7-11(2)16(10)18-3)13-8-14-4-5-15(9-13)17-14/h6-7,13-15,17H,4-5,8-9H2,1-3H3. The number of methoxy groups -OCH3 is 1. The molecule has 3 rings (SSSR count). The molecule has 2 nitrogen and oxygen atoms in total. The Labute approximate surface area is 110 Å². The van der Waals surface area contributed by atoms with Gasteiger partial charge in [0, 0.05) is 12.1 Å². The van der Waals surface area contributed by atoms with E-state index < -0.39 is 0 Å². The van der Waals surface area contributed by atoms with E-state index in [2.05, 4.69) is 31.3 Å². The van der Waals surface area contributed by atoms with Gasteiger partial charge in [0.2, 0.25) is 0 Å². The molecule has 2 heteroatoms. The fourth-order valence-corrected chi connectivity index (χ4v) is 3.87. The molecule has 18 heavy (non-hydrogen) atoms. The third-order valence-corrected chi connectivity index (χ3v) is 4.63.